The number of para-hydroxylation sites is 2. The van der Waals surface area contributed by atoms with Gasteiger partial charge in [-0.2, -0.15) is 0 Å². The van der Waals surface area contributed by atoms with E-state index in [1.165, 1.54) is 0 Å². The van der Waals surface area contributed by atoms with Crippen LogP contribution in [0.5, 0.6) is 11.5 Å². The summed E-state index contributed by atoms with van der Waals surface area (Å²) in [6.45, 7) is 0.970. The maximum absolute atomic E-state index is 13.1. The molecule has 5 rings (SSSR count). The van der Waals surface area contributed by atoms with Crippen LogP contribution in [0, 0.1) is 0 Å². The third kappa shape index (κ3) is 4.84. The summed E-state index contributed by atoms with van der Waals surface area (Å²) < 4.78 is 10.8. The number of rotatable bonds is 7. The number of nitrogen functional groups attached to an aromatic ring is 1. The molecule has 186 valence electrons. The van der Waals surface area contributed by atoms with Gasteiger partial charge >= 0.3 is 0 Å². The molecule has 1 aliphatic heterocycles. The highest BCUT2D eigenvalue weighted by Crippen LogP contribution is 2.34. The molecule has 37 heavy (non-hydrogen) atoms. The SMILES string of the molecule is COc1ccc(-c2ccc3c(c2)CN(Cc2ccc(C(=O)Nc4ccccc4N)cc2)C3=O)cc1OC. The van der Waals surface area contributed by atoms with Crippen LogP contribution in [0.4, 0.5) is 11.4 Å². The van der Waals surface area contributed by atoms with Crippen LogP contribution in [0.25, 0.3) is 11.1 Å². The lowest BCUT2D eigenvalue weighted by atomic mass is 10.00. The minimum Gasteiger partial charge on any atom is -0.493 e. The first-order valence-corrected chi connectivity index (χ1v) is 11.9. The minimum absolute atomic E-state index is 0.00441. The highest BCUT2D eigenvalue weighted by Gasteiger charge is 2.27. The Bertz CT molecular complexity index is 1480. The van der Waals surface area contributed by atoms with E-state index in [1.54, 1.807) is 38.5 Å². The molecular formula is C30H27N3O4. The zero-order valence-electron chi connectivity index (χ0n) is 20.7. The Morgan fingerprint density at radius 2 is 1.59 bits per heavy atom. The number of carbonyl (C=O) groups excluding carboxylic acids is 2. The standard InChI is InChI=1S/C30H27N3O4/c1-36-27-14-12-22(16-28(27)37-2)21-11-13-24-23(15-21)18-33(30(24)35)17-19-7-9-20(10-8-19)29(34)32-26-6-4-3-5-25(26)31/h3-16H,17-18,31H2,1-2H3,(H,32,34). The zero-order valence-corrected chi connectivity index (χ0v) is 20.7. The molecule has 3 N–H and O–H groups in total. The molecule has 0 fully saturated rings. The molecule has 1 aliphatic rings. The van der Waals surface area contributed by atoms with Crippen molar-refractivity contribution in [2.45, 2.75) is 13.1 Å². The van der Waals surface area contributed by atoms with E-state index in [4.69, 9.17) is 15.2 Å². The van der Waals surface area contributed by atoms with Crippen LogP contribution >= 0.6 is 0 Å². The number of carbonyl (C=O) groups is 2. The van der Waals surface area contributed by atoms with E-state index in [9.17, 15) is 9.59 Å². The van der Waals surface area contributed by atoms with Crippen LogP contribution in [0.2, 0.25) is 0 Å². The van der Waals surface area contributed by atoms with Gasteiger partial charge in [0, 0.05) is 24.2 Å². The van der Waals surface area contributed by atoms with E-state index >= 15 is 0 Å². The topological polar surface area (TPSA) is 93.9 Å². The molecular weight excluding hydrogens is 466 g/mol. The smallest absolute Gasteiger partial charge is 0.255 e. The molecule has 4 aromatic rings. The molecule has 7 nitrogen and oxygen atoms in total. The molecule has 0 saturated carbocycles. The summed E-state index contributed by atoms with van der Waals surface area (Å²) in [7, 11) is 3.22. The minimum atomic E-state index is -0.239. The van der Waals surface area contributed by atoms with Gasteiger partial charge in [-0.1, -0.05) is 36.4 Å². The van der Waals surface area contributed by atoms with Gasteiger partial charge in [0.1, 0.15) is 0 Å². The predicted octanol–water partition coefficient (Wildman–Crippen LogP) is 5.36. The van der Waals surface area contributed by atoms with E-state index in [1.807, 2.05) is 59.5 Å². The number of methoxy groups -OCH3 is 2. The van der Waals surface area contributed by atoms with Gasteiger partial charge < -0.3 is 25.4 Å². The molecule has 2 amide bonds. The molecule has 0 saturated heterocycles. The lowest BCUT2D eigenvalue weighted by Crippen LogP contribution is -2.23. The van der Waals surface area contributed by atoms with Crippen molar-refractivity contribution in [3.63, 3.8) is 0 Å². The van der Waals surface area contributed by atoms with Crippen LogP contribution in [-0.4, -0.2) is 30.9 Å². The Morgan fingerprint density at radius 3 is 2.32 bits per heavy atom. The zero-order chi connectivity index (χ0) is 25.9. The summed E-state index contributed by atoms with van der Waals surface area (Å²) in [5, 5.41) is 2.83. The number of benzene rings is 4. The average Bonchev–Trinajstić information content (AvgIpc) is 3.24. The second-order valence-corrected chi connectivity index (χ2v) is 8.84. The second-order valence-electron chi connectivity index (χ2n) is 8.84. The van der Waals surface area contributed by atoms with Crippen LogP contribution in [0.3, 0.4) is 0 Å². The number of ether oxygens (including phenoxy) is 2. The maximum Gasteiger partial charge on any atom is 0.255 e. The Kier molecular flexibility index (Phi) is 6.51. The van der Waals surface area contributed by atoms with Crippen LogP contribution < -0.4 is 20.5 Å². The average molecular weight is 494 g/mol. The van der Waals surface area contributed by atoms with E-state index in [2.05, 4.69) is 11.4 Å². The van der Waals surface area contributed by atoms with Crippen molar-refractivity contribution in [2.24, 2.45) is 0 Å². The number of hydrogen-bond acceptors (Lipinski definition) is 5. The fourth-order valence-corrected chi connectivity index (χ4v) is 4.49. The fourth-order valence-electron chi connectivity index (χ4n) is 4.49. The van der Waals surface area contributed by atoms with Gasteiger partial charge in [0.25, 0.3) is 11.8 Å². The first-order valence-electron chi connectivity index (χ1n) is 11.9. The molecule has 4 aromatic carbocycles. The summed E-state index contributed by atoms with van der Waals surface area (Å²) in [6.07, 6.45) is 0. The normalized spacial score (nSPS) is 12.3. The number of nitrogens with two attached hydrogens (primary N) is 1. The third-order valence-electron chi connectivity index (χ3n) is 6.50. The van der Waals surface area contributed by atoms with Gasteiger partial charge in [0.05, 0.1) is 25.6 Å². The maximum atomic E-state index is 13.1. The van der Waals surface area contributed by atoms with Crippen molar-refractivity contribution < 1.29 is 19.1 Å². The molecule has 7 heteroatoms. The Labute approximate surface area is 215 Å². The molecule has 0 atom stereocenters. The summed E-state index contributed by atoms with van der Waals surface area (Å²) in [4.78, 5) is 27.5. The summed E-state index contributed by atoms with van der Waals surface area (Å²) in [5.41, 5.74) is 12.1. The Hall–Kier alpha value is -4.78. The number of fused-ring (bicyclic) bond motifs is 1. The Balaban J connectivity index is 1.28. The van der Waals surface area contributed by atoms with Gasteiger partial charge in [-0.05, 0) is 70.8 Å². The lowest BCUT2D eigenvalue weighted by Gasteiger charge is -2.16. The molecule has 0 aromatic heterocycles. The molecule has 0 unspecified atom stereocenters. The molecule has 0 aliphatic carbocycles. The number of hydrogen-bond donors (Lipinski definition) is 2. The van der Waals surface area contributed by atoms with Gasteiger partial charge in [0.15, 0.2) is 11.5 Å². The molecule has 0 radical (unpaired) electrons. The quantitative estimate of drug-likeness (QED) is 0.338. The largest absolute Gasteiger partial charge is 0.493 e. The highest BCUT2D eigenvalue weighted by atomic mass is 16.5. The first kappa shape index (κ1) is 23.9. The van der Waals surface area contributed by atoms with Crippen molar-refractivity contribution in [3.05, 3.63) is 107 Å². The van der Waals surface area contributed by atoms with Gasteiger partial charge in [-0.25, -0.2) is 0 Å². The van der Waals surface area contributed by atoms with E-state index in [-0.39, 0.29) is 11.8 Å². The number of anilines is 2. The van der Waals surface area contributed by atoms with Gasteiger partial charge in [0.2, 0.25) is 0 Å². The number of nitrogens with zero attached hydrogens (tertiary/aromatic N) is 1. The van der Waals surface area contributed by atoms with Gasteiger partial charge in [-0.15, -0.1) is 0 Å². The van der Waals surface area contributed by atoms with Crippen LogP contribution in [0.1, 0.15) is 31.8 Å². The highest BCUT2D eigenvalue weighted by molar-refractivity contribution is 6.05. The summed E-state index contributed by atoms with van der Waals surface area (Å²) in [6, 6.07) is 26.0. The Morgan fingerprint density at radius 1 is 0.892 bits per heavy atom. The monoisotopic (exact) mass is 493 g/mol. The van der Waals surface area contributed by atoms with Crippen molar-refractivity contribution in [1.29, 1.82) is 0 Å². The van der Waals surface area contributed by atoms with Crippen molar-refractivity contribution in [1.82, 2.24) is 4.90 Å². The van der Waals surface area contributed by atoms with Crippen molar-refractivity contribution in [2.75, 3.05) is 25.3 Å². The van der Waals surface area contributed by atoms with E-state index in [0.29, 0.717) is 47.1 Å². The number of amides is 2. The van der Waals surface area contributed by atoms with Crippen molar-refractivity contribution in [3.8, 4) is 22.6 Å². The van der Waals surface area contributed by atoms with Gasteiger partial charge in [-0.3, -0.25) is 9.59 Å². The molecule has 0 bridgehead atoms. The third-order valence-corrected chi connectivity index (χ3v) is 6.50. The second kappa shape index (κ2) is 10.1. The molecule has 0 spiro atoms. The van der Waals surface area contributed by atoms with Crippen LogP contribution in [-0.2, 0) is 13.1 Å². The first-order chi connectivity index (χ1) is 18.0. The predicted molar refractivity (Wildman–Crippen MR) is 144 cm³/mol. The van der Waals surface area contributed by atoms with E-state index < -0.39 is 0 Å². The van der Waals surface area contributed by atoms with E-state index in [0.717, 1.165) is 22.3 Å². The molecule has 1 heterocycles. The van der Waals surface area contributed by atoms with Crippen LogP contribution in [0.15, 0.2) is 84.9 Å². The van der Waals surface area contributed by atoms with Crippen molar-refractivity contribution >= 4 is 23.2 Å². The summed E-state index contributed by atoms with van der Waals surface area (Å²) in [5.74, 6) is 1.08. The fraction of sp³-hybridized carbons (Fsp3) is 0.133. The summed E-state index contributed by atoms with van der Waals surface area (Å²) >= 11 is 0. The lowest BCUT2D eigenvalue weighted by molar-refractivity contribution is 0.0766. The number of nitrogens with one attached hydrogen (secondary N) is 1.